The van der Waals surface area contributed by atoms with Crippen LogP contribution in [0.5, 0.6) is 0 Å². The van der Waals surface area contributed by atoms with Crippen LogP contribution < -0.4 is 15.5 Å². The van der Waals surface area contributed by atoms with Gasteiger partial charge in [0.05, 0.1) is 12.6 Å². The van der Waals surface area contributed by atoms with Gasteiger partial charge in [-0.05, 0) is 26.3 Å². The molecule has 1 saturated heterocycles. The van der Waals surface area contributed by atoms with Crippen LogP contribution in [-0.4, -0.2) is 48.6 Å². The van der Waals surface area contributed by atoms with Crippen LogP contribution in [0.4, 0.5) is 5.82 Å². The lowest BCUT2D eigenvalue weighted by atomic mass is 9.91. The summed E-state index contributed by atoms with van der Waals surface area (Å²) in [6, 6.07) is 0.163. The van der Waals surface area contributed by atoms with Crippen LogP contribution in [0.1, 0.15) is 38.6 Å². The summed E-state index contributed by atoms with van der Waals surface area (Å²) < 4.78 is 0. The van der Waals surface area contributed by atoms with E-state index in [2.05, 4.69) is 41.3 Å². The van der Waals surface area contributed by atoms with E-state index in [0.717, 1.165) is 37.6 Å². The summed E-state index contributed by atoms with van der Waals surface area (Å²) in [5.41, 5.74) is 1.20. The molecule has 6 nitrogen and oxygen atoms in total. The number of carbonyl (C=O) groups is 1. The Balaban J connectivity index is 0.00000312. The Kier molecular flexibility index (Phi) is 11.1. The molecular weight excluding hydrogens is 373 g/mol. The highest BCUT2D eigenvalue weighted by Crippen LogP contribution is 2.30. The molecule has 0 aliphatic carbocycles. The predicted octanol–water partition coefficient (Wildman–Crippen LogP) is 2.38. The minimum atomic E-state index is 0. The fraction of sp³-hybridized carbons (Fsp3) is 0.722. The molecule has 0 aromatic carbocycles. The molecule has 2 rings (SSSR count). The quantitative estimate of drug-likeness (QED) is 0.728. The zero-order valence-corrected chi connectivity index (χ0v) is 18.0. The van der Waals surface area contributed by atoms with Crippen molar-refractivity contribution in [2.45, 2.75) is 46.6 Å². The maximum Gasteiger partial charge on any atom is 0.234 e. The summed E-state index contributed by atoms with van der Waals surface area (Å²) in [6.45, 7) is 10.6. The Morgan fingerprint density at radius 2 is 2.04 bits per heavy atom. The number of hydrogen-bond donors (Lipinski definition) is 2. The van der Waals surface area contributed by atoms with E-state index < -0.39 is 0 Å². The van der Waals surface area contributed by atoms with Crippen LogP contribution >= 0.6 is 24.8 Å². The smallest absolute Gasteiger partial charge is 0.234 e. The van der Waals surface area contributed by atoms with E-state index in [0.29, 0.717) is 18.4 Å². The number of amides is 1. The van der Waals surface area contributed by atoms with Gasteiger partial charge in [0.25, 0.3) is 0 Å². The first-order valence-electron chi connectivity index (χ1n) is 8.97. The van der Waals surface area contributed by atoms with Gasteiger partial charge in [-0.1, -0.05) is 27.2 Å². The first-order valence-corrected chi connectivity index (χ1v) is 8.97. The van der Waals surface area contributed by atoms with E-state index in [-0.39, 0.29) is 36.8 Å². The fourth-order valence-electron chi connectivity index (χ4n) is 3.45. The summed E-state index contributed by atoms with van der Waals surface area (Å²) in [4.78, 5) is 23.4. The van der Waals surface area contributed by atoms with Crippen molar-refractivity contribution in [3.8, 4) is 0 Å². The third kappa shape index (κ3) is 6.25. The third-order valence-electron chi connectivity index (χ3n) is 4.69. The van der Waals surface area contributed by atoms with Gasteiger partial charge in [-0.15, -0.1) is 24.8 Å². The Morgan fingerprint density at radius 3 is 2.62 bits per heavy atom. The molecule has 1 aromatic rings. The molecule has 0 saturated carbocycles. The molecule has 2 atom stereocenters. The second-order valence-corrected chi connectivity index (χ2v) is 7.03. The third-order valence-corrected chi connectivity index (χ3v) is 4.69. The van der Waals surface area contributed by atoms with Crippen LogP contribution in [-0.2, 0) is 11.2 Å². The Morgan fingerprint density at radius 1 is 1.35 bits per heavy atom. The zero-order valence-electron chi connectivity index (χ0n) is 16.4. The number of halogens is 2. The molecule has 1 amide bonds. The number of hydrogen-bond acceptors (Lipinski definition) is 5. The Labute approximate surface area is 169 Å². The molecule has 0 spiro atoms. The Bertz CT molecular complexity index is 571. The van der Waals surface area contributed by atoms with Gasteiger partial charge in [-0.25, -0.2) is 9.97 Å². The number of rotatable bonds is 7. The second-order valence-electron chi connectivity index (χ2n) is 7.03. The molecule has 0 radical (unpaired) electrons. The molecule has 1 aromatic heterocycles. The molecule has 1 aliphatic rings. The summed E-state index contributed by atoms with van der Waals surface area (Å²) in [6.07, 6.45) is 4.01. The summed E-state index contributed by atoms with van der Waals surface area (Å²) >= 11 is 0. The minimum absolute atomic E-state index is 0. The molecule has 0 bridgehead atoms. The van der Waals surface area contributed by atoms with Crippen LogP contribution in [0.25, 0.3) is 0 Å². The van der Waals surface area contributed by atoms with Gasteiger partial charge >= 0.3 is 0 Å². The van der Waals surface area contributed by atoms with Gasteiger partial charge in [-0.2, -0.15) is 0 Å². The number of anilines is 1. The van der Waals surface area contributed by atoms with E-state index in [1.54, 1.807) is 7.05 Å². The van der Waals surface area contributed by atoms with Crippen LogP contribution in [0.15, 0.2) is 6.20 Å². The largest absolute Gasteiger partial charge is 0.354 e. The van der Waals surface area contributed by atoms with E-state index in [1.165, 1.54) is 5.56 Å². The molecule has 2 N–H and O–H groups in total. The average molecular weight is 406 g/mol. The van der Waals surface area contributed by atoms with Crippen molar-refractivity contribution in [3.05, 3.63) is 17.6 Å². The summed E-state index contributed by atoms with van der Waals surface area (Å²) in [7, 11) is 1.79. The molecule has 8 heteroatoms. The van der Waals surface area contributed by atoms with Gasteiger partial charge in [-0.3, -0.25) is 4.79 Å². The molecule has 1 fully saturated rings. The number of likely N-dealkylation sites (N-methyl/N-ethyl adjacent to an activating group) is 1. The van der Waals surface area contributed by atoms with Crippen molar-refractivity contribution in [2.24, 2.45) is 11.8 Å². The topological polar surface area (TPSA) is 70.2 Å². The van der Waals surface area contributed by atoms with Crippen molar-refractivity contribution in [2.75, 3.05) is 31.6 Å². The molecule has 150 valence electrons. The maximum atomic E-state index is 12.0. The van der Waals surface area contributed by atoms with Crippen molar-refractivity contribution in [1.82, 2.24) is 20.6 Å². The van der Waals surface area contributed by atoms with Gasteiger partial charge in [0.2, 0.25) is 5.91 Å². The number of aromatic nitrogens is 2. The standard InChI is InChI=1S/C18H31N5O.2ClH/c1-6-7-14-8-20-13(4)21-18(14)23-10-15(12(2)3)16(11-23)22-17(24)9-19-5;;/h8,12,15-16,19H,6-7,9-11H2,1-5H3,(H,22,24);2*1H/t15-,16+;;/m1../s1. The van der Waals surface area contributed by atoms with Crippen molar-refractivity contribution < 1.29 is 4.79 Å². The first-order chi connectivity index (χ1) is 11.5. The van der Waals surface area contributed by atoms with Gasteiger partial charge < -0.3 is 15.5 Å². The lowest BCUT2D eigenvalue weighted by molar-refractivity contribution is -0.121. The lowest BCUT2D eigenvalue weighted by Crippen LogP contribution is -2.45. The number of aryl methyl sites for hydroxylation is 2. The van der Waals surface area contributed by atoms with Gasteiger partial charge in [0.1, 0.15) is 11.6 Å². The highest BCUT2D eigenvalue weighted by molar-refractivity contribution is 5.85. The molecular formula is C18H33Cl2N5O. The highest BCUT2D eigenvalue weighted by Gasteiger charge is 2.36. The molecule has 26 heavy (non-hydrogen) atoms. The van der Waals surface area contributed by atoms with E-state index in [4.69, 9.17) is 4.98 Å². The van der Waals surface area contributed by atoms with E-state index in [1.807, 2.05) is 13.1 Å². The van der Waals surface area contributed by atoms with Crippen LogP contribution in [0.2, 0.25) is 0 Å². The van der Waals surface area contributed by atoms with E-state index in [9.17, 15) is 4.79 Å². The monoisotopic (exact) mass is 405 g/mol. The van der Waals surface area contributed by atoms with Gasteiger partial charge in [0.15, 0.2) is 0 Å². The van der Waals surface area contributed by atoms with Crippen LogP contribution in [0, 0.1) is 18.8 Å². The van der Waals surface area contributed by atoms with Crippen molar-refractivity contribution in [3.63, 3.8) is 0 Å². The highest BCUT2D eigenvalue weighted by atomic mass is 35.5. The predicted molar refractivity (Wildman–Crippen MR) is 112 cm³/mol. The molecule has 2 heterocycles. The maximum absolute atomic E-state index is 12.0. The number of nitrogens with one attached hydrogen (secondary N) is 2. The average Bonchev–Trinajstić information content (AvgIpc) is 2.93. The fourth-order valence-corrected chi connectivity index (χ4v) is 3.45. The zero-order chi connectivity index (χ0) is 17.7. The number of carbonyl (C=O) groups excluding carboxylic acids is 1. The first kappa shape index (κ1) is 24.9. The van der Waals surface area contributed by atoms with Crippen molar-refractivity contribution in [1.29, 1.82) is 0 Å². The summed E-state index contributed by atoms with van der Waals surface area (Å²) in [5, 5.41) is 6.11. The lowest BCUT2D eigenvalue weighted by Gasteiger charge is -2.22. The minimum Gasteiger partial charge on any atom is -0.354 e. The van der Waals surface area contributed by atoms with E-state index >= 15 is 0 Å². The second kappa shape index (κ2) is 11.6. The normalized spacial score (nSPS) is 19.1. The molecule has 1 aliphatic heterocycles. The van der Waals surface area contributed by atoms with Gasteiger partial charge in [0, 0.05) is 30.8 Å². The van der Waals surface area contributed by atoms with Crippen LogP contribution in [0.3, 0.4) is 0 Å². The molecule has 0 unspecified atom stereocenters. The van der Waals surface area contributed by atoms with Crippen molar-refractivity contribution >= 4 is 36.5 Å². The SMILES string of the molecule is CCCc1cnc(C)nc1N1C[C@H](NC(=O)CNC)[C@@H](C(C)C)C1.Cl.Cl. The summed E-state index contributed by atoms with van der Waals surface area (Å²) in [5.74, 6) is 2.83. The Hall–Kier alpha value is -1.11. The number of nitrogens with zero attached hydrogens (tertiary/aromatic N) is 3.